The van der Waals surface area contributed by atoms with Crippen molar-refractivity contribution in [3.63, 3.8) is 0 Å². The predicted octanol–water partition coefficient (Wildman–Crippen LogP) is 2.38. The van der Waals surface area contributed by atoms with Crippen LogP contribution in [0, 0.1) is 0 Å². The highest BCUT2D eigenvalue weighted by Crippen LogP contribution is 2.43. The largest absolute Gasteiger partial charge is 0.359 e. The quantitative estimate of drug-likeness (QED) is 0.427. The van der Waals surface area contributed by atoms with Crippen molar-refractivity contribution in [2.24, 2.45) is 0 Å². The Morgan fingerprint density at radius 3 is 3.00 bits per heavy atom. The average molecular weight is 144 g/mol. The molecular formula is C7H13OP. The lowest BCUT2D eigenvalue weighted by Gasteiger charge is -2.07. The summed E-state index contributed by atoms with van der Waals surface area (Å²) in [6.07, 6.45) is 4.69. The molecule has 0 bridgehead atoms. The number of hydrogen-bond donors (Lipinski definition) is 0. The van der Waals surface area contributed by atoms with E-state index in [1.165, 1.54) is 17.9 Å². The fraction of sp³-hybridized carbons (Fsp3) is 0.714. The minimum Gasteiger partial charge on any atom is -0.359 e. The molecule has 0 saturated carbocycles. The van der Waals surface area contributed by atoms with Crippen LogP contribution in [0.25, 0.3) is 0 Å². The lowest BCUT2D eigenvalue weighted by atomic mass is 10.3. The summed E-state index contributed by atoms with van der Waals surface area (Å²) >= 11 is 0. The summed E-state index contributed by atoms with van der Waals surface area (Å²) in [6, 6.07) is 0. The molecule has 0 amide bonds. The van der Waals surface area contributed by atoms with Gasteiger partial charge in [0.2, 0.25) is 0 Å². The van der Waals surface area contributed by atoms with E-state index in [1.54, 1.807) is 0 Å². The molecule has 0 radical (unpaired) electrons. The highest BCUT2D eigenvalue weighted by molar-refractivity contribution is 7.53. The van der Waals surface area contributed by atoms with Crippen LogP contribution < -0.4 is 0 Å². The van der Waals surface area contributed by atoms with Crippen molar-refractivity contribution in [1.29, 1.82) is 0 Å². The van der Waals surface area contributed by atoms with Gasteiger partial charge in [-0.2, -0.15) is 0 Å². The number of rotatable bonds is 2. The summed E-state index contributed by atoms with van der Waals surface area (Å²) < 4.78 is 5.49. The summed E-state index contributed by atoms with van der Waals surface area (Å²) in [5, 5.41) is 0. The standard InChI is InChI=1S/C7H13OP/c1-3-8-9-5-4-7(2)6-9/h4H,3,5-6H2,1-2H3. The van der Waals surface area contributed by atoms with Crippen molar-refractivity contribution < 1.29 is 4.52 Å². The van der Waals surface area contributed by atoms with E-state index in [0.717, 1.165) is 6.61 Å². The van der Waals surface area contributed by atoms with E-state index < -0.39 is 0 Å². The lowest BCUT2D eigenvalue weighted by Crippen LogP contribution is -1.86. The predicted molar refractivity (Wildman–Crippen MR) is 42.0 cm³/mol. The summed E-state index contributed by atoms with van der Waals surface area (Å²) in [5.41, 5.74) is 1.51. The first kappa shape index (κ1) is 7.24. The molecule has 1 aliphatic heterocycles. The van der Waals surface area contributed by atoms with E-state index in [9.17, 15) is 0 Å². The lowest BCUT2D eigenvalue weighted by molar-refractivity contribution is 0.381. The molecule has 0 fully saturated rings. The van der Waals surface area contributed by atoms with Gasteiger partial charge in [0, 0.05) is 27.1 Å². The molecule has 2 heteroatoms. The number of hydrogen-bond acceptors (Lipinski definition) is 1. The fourth-order valence-electron chi connectivity index (χ4n) is 0.946. The molecule has 0 saturated heterocycles. The van der Waals surface area contributed by atoms with Gasteiger partial charge < -0.3 is 4.52 Å². The second-order valence-electron chi connectivity index (χ2n) is 2.29. The molecule has 0 spiro atoms. The molecule has 1 heterocycles. The molecule has 0 aromatic rings. The maximum atomic E-state index is 5.49. The Kier molecular flexibility index (Phi) is 2.68. The van der Waals surface area contributed by atoms with E-state index in [1.807, 2.05) is 0 Å². The van der Waals surface area contributed by atoms with E-state index in [4.69, 9.17) is 4.52 Å². The van der Waals surface area contributed by atoms with Crippen LogP contribution in [-0.4, -0.2) is 18.9 Å². The molecule has 1 aliphatic rings. The SMILES string of the molecule is CCOP1CC=C(C)C1. The van der Waals surface area contributed by atoms with Gasteiger partial charge in [0.05, 0.1) is 0 Å². The highest BCUT2D eigenvalue weighted by atomic mass is 31.1. The Bertz CT molecular complexity index is 120. The van der Waals surface area contributed by atoms with Gasteiger partial charge in [-0.05, 0) is 13.8 Å². The maximum Gasteiger partial charge on any atom is 0.0480 e. The number of allylic oxidation sites excluding steroid dienone is 2. The van der Waals surface area contributed by atoms with Gasteiger partial charge in [-0.25, -0.2) is 0 Å². The van der Waals surface area contributed by atoms with Gasteiger partial charge in [-0.15, -0.1) is 0 Å². The van der Waals surface area contributed by atoms with Crippen LogP contribution in [-0.2, 0) is 4.52 Å². The Hall–Kier alpha value is 0.130. The fourth-order valence-corrected chi connectivity index (χ4v) is 2.84. The van der Waals surface area contributed by atoms with Crippen LogP contribution in [0.15, 0.2) is 11.6 Å². The monoisotopic (exact) mass is 144 g/mol. The minimum absolute atomic E-state index is 0.0772. The van der Waals surface area contributed by atoms with Gasteiger partial charge in [0.25, 0.3) is 0 Å². The molecule has 1 unspecified atom stereocenters. The molecule has 0 aromatic heterocycles. The third-order valence-corrected chi connectivity index (χ3v) is 3.45. The van der Waals surface area contributed by atoms with Crippen LogP contribution in [0.4, 0.5) is 0 Å². The molecule has 1 rings (SSSR count). The topological polar surface area (TPSA) is 9.23 Å². The first-order chi connectivity index (χ1) is 4.33. The van der Waals surface area contributed by atoms with Gasteiger partial charge in [0.1, 0.15) is 0 Å². The van der Waals surface area contributed by atoms with Crippen LogP contribution in [0.1, 0.15) is 13.8 Å². The van der Waals surface area contributed by atoms with Gasteiger partial charge >= 0.3 is 0 Å². The first-order valence-corrected chi connectivity index (χ1v) is 4.99. The van der Waals surface area contributed by atoms with Gasteiger partial charge in [-0.1, -0.05) is 11.6 Å². The third-order valence-electron chi connectivity index (χ3n) is 1.38. The Balaban J connectivity index is 2.21. The zero-order chi connectivity index (χ0) is 6.69. The minimum atomic E-state index is -0.0772. The van der Waals surface area contributed by atoms with Gasteiger partial charge in [-0.3, -0.25) is 0 Å². The van der Waals surface area contributed by atoms with Crippen molar-refractivity contribution in [3.8, 4) is 0 Å². The summed E-state index contributed by atoms with van der Waals surface area (Å²) in [6.45, 7) is 5.13. The van der Waals surface area contributed by atoms with Crippen LogP contribution in [0.5, 0.6) is 0 Å². The van der Waals surface area contributed by atoms with Crippen LogP contribution in [0.3, 0.4) is 0 Å². The molecule has 0 aromatic carbocycles. The highest BCUT2D eigenvalue weighted by Gasteiger charge is 2.12. The Labute approximate surface area is 57.9 Å². The molecule has 1 nitrogen and oxygen atoms in total. The Morgan fingerprint density at radius 2 is 2.56 bits per heavy atom. The molecule has 0 N–H and O–H groups in total. The Morgan fingerprint density at radius 1 is 1.78 bits per heavy atom. The summed E-state index contributed by atoms with van der Waals surface area (Å²) in [4.78, 5) is 0. The van der Waals surface area contributed by atoms with Crippen molar-refractivity contribution in [1.82, 2.24) is 0 Å². The summed E-state index contributed by atoms with van der Waals surface area (Å²) in [7, 11) is -0.0772. The second kappa shape index (κ2) is 3.34. The van der Waals surface area contributed by atoms with Crippen molar-refractivity contribution in [2.75, 3.05) is 18.9 Å². The third kappa shape index (κ3) is 2.08. The molecule has 1 atom stereocenters. The molecular weight excluding hydrogens is 131 g/mol. The average Bonchev–Trinajstić information content (AvgIpc) is 2.17. The molecule has 9 heavy (non-hydrogen) atoms. The van der Waals surface area contributed by atoms with E-state index in [0.29, 0.717) is 0 Å². The molecule has 52 valence electrons. The molecule has 0 aliphatic carbocycles. The van der Waals surface area contributed by atoms with Gasteiger partial charge in [0.15, 0.2) is 0 Å². The van der Waals surface area contributed by atoms with Crippen molar-refractivity contribution in [2.45, 2.75) is 13.8 Å². The zero-order valence-corrected chi connectivity index (χ0v) is 6.95. The van der Waals surface area contributed by atoms with E-state index in [-0.39, 0.29) is 8.15 Å². The second-order valence-corrected chi connectivity index (χ2v) is 4.19. The normalized spacial score (nSPS) is 26.4. The van der Waals surface area contributed by atoms with E-state index >= 15 is 0 Å². The van der Waals surface area contributed by atoms with Crippen LogP contribution >= 0.6 is 8.15 Å². The maximum absolute atomic E-state index is 5.49. The van der Waals surface area contributed by atoms with Crippen LogP contribution in [0.2, 0.25) is 0 Å². The smallest absolute Gasteiger partial charge is 0.0480 e. The van der Waals surface area contributed by atoms with E-state index in [2.05, 4.69) is 19.9 Å². The van der Waals surface area contributed by atoms with Crippen molar-refractivity contribution >= 4 is 8.15 Å². The first-order valence-electron chi connectivity index (χ1n) is 3.36. The summed E-state index contributed by atoms with van der Waals surface area (Å²) in [5.74, 6) is 0. The zero-order valence-electron chi connectivity index (χ0n) is 6.05. The van der Waals surface area contributed by atoms with Crippen molar-refractivity contribution in [3.05, 3.63) is 11.6 Å².